The molecular weight excluding hydrogens is 328 g/mol. The molecule has 5 nitrogen and oxygen atoms in total. The molecule has 0 saturated heterocycles. The van der Waals surface area contributed by atoms with Crippen LogP contribution in [0.1, 0.15) is 12.8 Å². The Bertz CT molecular complexity index is 927. The summed E-state index contributed by atoms with van der Waals surface area (Å²) in [5.74, 6) is 1.87. The number of hydrogen-bond acceptors (Lipinski definition) is 6. The molecule has 116 valence electrons. The van der Waals surface area contributed by atoms with E-state index >= 15 is 0 Å². The number of aryl methyl sites for hydroxylation is 1. The smallest absolute Gasteiger partial charge is 0.237 e. The van der Waals surface area contributed by atoms with Crippen LogP contribution in [0, 0.1) is 0 Å². The summed E-state index contributed by atoms with van der Waals surface area (Å²) in [7, 11) is 0. The van der Waals surface area contributed by atoms with Gasteiger partial charge in [0.15, 0.2) is 5.16 Å². The fourth-order valence-electron chi connectivity index (χ4n) is 2.42. The summed E-state index contributed by atoms with van der Waals surface area (Å²) >= 11 is 3.24. The number of rotatable bonds is 5. The second-order valence-electron chi connectivity index (χ2n) is 4.94. The van der Waals surface area contributed by atoms with E-state index in [0.717, 1.165) is 28.3 Å². The highest BCUT2D eigenvalue weighted by Gasteiger charge is 2.13. The molecule has 0 aliphatic rings. The molecular formula is C16H14N4OS2. The number of fused-ring (bicyclic) bond motifs is 1. The third-order valence-corrected chi connectivity index (χ3v) is 5.15. The van der Waals surface area contributed by atoms with E-state index in [1.807, 2.05) is 35.0 Å². The summed E-state index contributed by atoms with van der Waals surface area (Å²) in [5.41, 5.74) is 3.17. The minimum atomic E-state index is 0.612. The number of thiophene rings is 1. The van der Waals surface area contributed by atoms with Gasteiger partial charge in [-0.2, -0.15) is 16.3 Å². The zero-order chi connectivity index (χ0) is 15.6. The van der Waals surface area contributed by atoms with Crippen molar-refractivity contribution in [1.82, 2.24) is 19.7 Å². The van der Waals surface area contributed by atoms with Crippen LogP contribution in [0.15, 0.2) is 50.8 Å². The van der Waals surface area contributed by atoms with E-state index in [4.69, 9.17) is 9.51 Å². The third kappa shape index (κ3) is 2.77. The van der Waals surface area contributed by atoms with E-state index in [1.54, 1.807) is 23.1 Å². The van der Waals surface area contributed by atoms with Crippen molar-refractivity contribution in [1.29, 1.82) is 0 Å². The predicted molar refractivity (Wildman–Crippen MR) is 92.6 cm³/mol. The van der Waals surface area contributed by atoms with Crippen LogP contribution in [0.5, 0.6) is 0 Å². The van der Waals surface area contributed by atoms with Crippen molar-refractivity contribution in [3.05, 3.63) is 47.0 Å². The number of aromatic nitrogens is 4. The first-order chi connectivity index (χ1) is 11.3. The van der Waals surface area contributed by atoms with Gasteiger partial charge in [0, 0.05) is 17.5 Å². The molecule has 0 amide bonds. The van der Waals surface area contributed by atoms with E-state index < -0.39 is 0 Å². The summed E-state index contributed by atoms with van der Waals surface area (Å²) in [4.78, 5) is 9.14. The molecule has 0 bridgehead atoms. The molecule has 3 heterocycles. The first-order valence-corrected chi connectivity index (χ1v) is 9.21. The van der Waals surface area contributed by atoms with Crippen LogP contribution >= 0.6 is 23.1 Å². The molecule has 0 N–H and O–H groups in total. The van der Waals surface area contributed by atoms with Crippen LogP contribution in [0.4, 0.5) is 0 Å². The van der Waals surface area contributed by atoms with Crippen LogP contribution in [-0.4, -0.2) is 19.7 Å². The molecule has 0 atom stereocenters. The summed E-state index contributed by atoms with van der Waals surface area (Å²) < 4.78 is 7.55. The molecule has 23 heavy (non-hydrogen) atoms. The molecule has 4 aromatic rings. The van der Waals surface area contributed by atoms with Crippen molar-refractivity contribution in [2.45, 2.75) is 24.4 Å². The van der Waals surface area contributed by atoms with Crippen molar-refractivity contribution in [2.75, 3.05) is 0 Å². The van der Waals surface area contributed by atoms with Gasteiger partial charge < -0.3 is 9.09 Å². The maximum atomic E-state index is 5.34. The van der Waals surface area contributed by atoms with Crippen molar-refractivity contribution < 1.29 is 4.52 Å². The largest absolute Gasteiger partial charge is 0.338 e. The Balaban J connectivity index is 1.55. The lowest BCUT2D eigenvalue weighted by atomic mass is 10.3. The summed E-state index contributed by atoms with van der Waals surface area (Å²) in [5, 5.41) is 9.03. The average Bonchev–Trinajstić information content (AvgIpc) is 3.30. The molecule has 7 heteroatoms. The van der Waals surface area contributed by atoms with Gasteiger partial charge in [-0.05, 0) is 30.5 Å². The van der Waals surface area contributed by atoms with Crippen LogP contribution in [0.25, 0.3) is 22.4 Å². The molecule has 1 aromatic carbocycles. The van der Waals surface area contributed by atoms with Gasteiger partial charge in [0.2, 0.25) is 11.7 Å². The van der Waals surface area contributed by atoms with Crippen molar-refractivity contribution >= 4 is 34.1 Å². The summed E-state index contributed by atoms with van der Waals surface area (Å²) in [6, 6.07) is 10.2. The molecule has 4 rings (SSSR count). The number of para-hydroxylation sites is 2. The van der Waals surface area contributed by atoms with Crippen LogP contribution in [0.2, 0.25) is 0 Å². The molecule has 0 fully saturated rings. The van der Waals surface area contributed by atoms with Crippen molar-refractivity contribution in [3.8, 4) is 11.4 Å². The van der Waals surface area contributed by atoms with Crippen LogP contribution in [-0.2, 0) is 12.3 Å². The maximum absolute atomic E-state index is 5.34. The highest BCUT2D eigenvalue weighted by atomic mass is 32.2. The van der Waals surface area contributed by atoms with Crippen molar-refractivity contribution in [2.24, 2.45) is 0 Å². The molecule has 0 unspecified atom stereocenters. The second kappa shape index (κ2) is 6.17. The van der Waals surface area contributed by atoms with E-state index in [1.165, 1.54) is 0 Å². The minimum Gasteiger partial charge on any atom is -0.338 e. The SMILES string of the molecule is CCn1c(SCc2nc(-c3ccsc3)no2)nc2ccccc21. The standard InChI is InChI=1S/C16H14N4OS2/c1-2-20-13-6-4-3-5-12(13)17-16(20)23-10-14-18-15(19-21-14)11-7-8-22-9-11/h3-9H,2,10H2,1H3. The van der Waals surface area contributed by atoms with Crippen molar-refractivity contribution in [3.63, 3.8) is 0 Å². The van der Waals surface area contributed by atoms with E-state index in [-0.39, 0.29) is 0 Å². The number of thioether (sulfide) groups is 1. The zero-order valence-corrected chi connectivity index (χ0v) is 14.1. The van der Waals surface area contributed by atoms with Gasteiger partial charge in [-0.3, -0.25) is 0 Å². The van der Waals surface area contributed by atoms with Crippen LogP contribution in [0.3, 0.4) is 0 Å². The summed E-state index contributed by atoms with van der Waals surface area (Å²) in [6.45, 7) is 3.01. The topological polar surface area (TPSA) is 56.7 Å². The van der Waals surface area contributed by atoms with Gasteiger partial charge in [-0.25, -0.2) is 4.98 Å². The minimum absolute atomic E-state index is 0.612. The Labute approximate surface area is 141 Å². The van der Waals surface area contributed by atoms with Gasteiger partial charge >= 0.3 is 0 Å². The fourth-order valence-corrected chi connectivity index (χ4v) is 3.97. The normalized spacial score (nSPS) is 11.3. The highest BCUT2D eigenvalue weighted by Crippen LogP contribution is 2.27. The number of benzene rings is 1. The Morgan fingerprint density at radius 1 is 1.22 bits per heavy atom. The number of nitrogens with zero attached hydrogens (tertiary/aromatic N) is 4. The lowest BCUT2D eigenvalue weighted by Gasteiger charge is -2.03. The number of imidazole rings is 1. The molecule has 0 aliphatic carbocycles. The van der Waals surface area contributed by atoms with Gasteiger partial charge in [-0.1, -0.05) is 29.1 Å². The van der Waals surface area contributed by atoms with Gasteiger partial charge in [0.05, 0.1) is 16.8 Å². The average molecular weight is 342 g/mol. The van der Waals surface area contributed by atoms with E-state index in [0.29, 0.717) is 17.5 Å². The molecule has 0 saturated carbocycles. The predicted octanol–water partition coefficient (Wildman–Crippen LogP) is 4.46. The fraction of sp³-hybridized carbons (Fsp3) is 0.188. The molecule has 3 aromatic heterocycles. The Morgan fingerprint density at radius 2 is 2.13 bits per heavy atom. The van der Waals surface area contributed by atoms with E-state index in [2.05, 4.69) is 27.7 Å². The quantitative estimate of drug-likeness (QED) is 0.501. The zero-order valence-electron chi connectivity index (χ0n) is 12.5. The second-order valence-corrected chi connectivity index (χ2v) is 6.66. The lowest BCUT2D eigenvalue weighted by Crippen LogP contribution is -1.96. The number of hydrogen-bond donors (Lipinski definition) is 0. The Morgan fingerprint density at radius 3 is 2.96 bits per heavy atom. The lowest BCUT2D eigenvalue weighted by molar-refractivity contribution is 0.391. The Hall–Kier alpha value is -2.12. The monoisotopic (exact) mass is 342 g/mol. The molecule has 0 aliphatic heterocycles. The molecule has 0 radical (unpaired) electrons. The van der Waals surface area contributed by atoms with Gasteiger partial charge in [0.1, 0.15) is 0 Å². The highest BCUT2D eigenvalue weighted by molar-refractivity contribution is 7.98. The first-order valence-electron chi connectivity index (χ1n) is 7.28. The van der Waals surface area contributed by atoms with Crippen LogP contribution < -0.4 is 0 Å². The third-order valence-electron chi connectivity index (χ3n) is 3.51. The van der Waals surface area contributed by atoms with Gasteiger partial charge in [0.25, 0.3) is 0 Å². The first kappa shape index (κ1) is 14.5. The maximum Gasteiger partial charge on any atom is 0.237 e. The summed E-state index contributed by atoms with van der Waals surface area (Å²) in [6.07, 6.45) is 0. The Kier molecular flexibility index (Phi) is 3.88. The molecule has 0 spiro atoms. The van der Waals surface area contributed by atoms with Gasteiger partial charge in [-0.15, -0.1) is 0 Å². The van der Waals surface area contributed by atoms with E-state index in [9.17, 15) is 0 Å².